The number of Topliss-reactive ketones (excluding diaryl/α,β-unsaturated/α-hetero) is 1. The lowest BCUT2D eigenvalue weighted by Crippen LogP contribution is -2.53. The van der Waals surface area contributed by atoms with Crippen molar-refractivity contribution in [2.24, 2.45) is 5.41 Å². The second-order valence-electron chi connectivity index (χ2n) is 6.26. The fraction of sp³-hybridized carbons (Fsp3) is 0.526. The van der Waals surface area contributed by atoms with E-state index >= 15 is 0 Å². The lowest BCUT2D eigenvalue weighted by molar-refractivity contribution is -0.319. The lowest BCUT2D eigenvalue weighted by atomic mass is 9.73. The molecule has 0 unspecified atom stereocenters. The molecule has 1 aromatic rings. The highest BCUT2D eigenvalue weighted by Crippen LogP contribution is 2.47. The molecule has 1 aromatic carbocycles. The number of carbonyl (C=O) groups is 1. The third-order valence-electron chi connectivity index (χ3n) is 4.39. The van der Waals surface area contributed by atoms with Crippen molar-refractivity contribution in [3.8, 4) is 0 Å². The third kappa shape index (κ3) is 3.16. The van der Waals surface area contributed by atoms with Gasteiger partial charge in [-0.1, -0.05) is 36.4 Å². The van der Waals surface area contributed by atoms with Gasteiger partial charge in [-0.25, -0.2) is 0 Å². The zero-order valence-corrected chi connectivity index (χ0v) is 13.6. The summed E-state index contributed by atoms with van der Waals surface area (Å²) in [4.78, 5) is 12.8. The third-order valence-corrected chi connectivity index (χ3v) is 4.39. The molecule has 1 fully saturated rings. The van der Waals surface area contributed by atoms with E-state index in [2.05, 4.69) is 6.58 Å². The minimum Gasteiger partial charge on any atom is -0.345 e. The van der Waals surface area contributed by atoms with E-state index < -0.39 is 11.2 Å². The van der Waals surface area contributed by atoms with Gasteiger partial charge in [0.1, 0.15) is 5.78 Å². The van der Waals surface area contributed by atoms with Gasteiger partial charge in [0.2, 0.25) is 5.79 Å². The number of hydrogen-bond donors (Lipinski definition) is 0. The highest BCUT2D eigenvalue weighted by molar-refractivity contribution is 5.85. The van der Waals surface area contributed by atoms with E-state index in [0.29, 0.717) is 19.6 Å². The van der Waals surface area contributed by atoms with Crippen molar-refractivity contribution in [3.05, 3.63) is 48.6 Å². The van der Waals surface area contributed by atoms with Crippen molar-refractivity contribution in [2.45, 2.75) is 45.3 Å². The van der Waals surface area contributed by atoms with E-state index in [9.17, 15) is 4.79 Å². The summed E-state index contributed by atoms with van der Waals surface area (Å²) in [7, 11) is 0. The molecule has 0 N–H and O–H groups in total. The van der Waals surface area contributed by atoms with Crippen LogP contribution in [-0.2, 0) is 20.1 Å². The standard InChI is InChI=1S/C19H26O3/c1-4-5-7-13-17(20)18(2,3)19(21-14-10-15-22-19)16-11-8-6-9-12-16/h4,6,8-9,11-12H,1,5,7,10,13-15H2,2-3H3. The molecule has 22 heavy (non-hydrogen) atoms. The number of allylic oxidation sites excluding steroid dienone is 1. The fourth-order valence-electron chi connectivity index (χ4n) is 2.98. The zero-order valence-electron chi connectivity index (χ0n) is 13.6. The molecular weight excluding hydrogens is 276 g/mol. The number of ether oxygens (including phenoxy) is 2. The van der Waals surface area contributed by atoms with Gasteiger partial charge in [0.05, 0.1) is 18.6 Å². The summed E-state index contributed by atoms with van der Waals surface area (Å²) in [5, 5.41) is 0. The Hall–Kier alpha value is -1.45. The lowest BCUT2D eigenvalue weighted by Gasteiger charge is -2.47. The Balaban J connectivity index is 2.31. The first-order chi connectivity index (χ1) is 10.5. The Bertz CT molecular complexity index is 499. The van der Waals surface area contributed by atoms with Crippen LogP contribution in [0.4, 0.5) is 0 Å². The summed E-state index contributed by atoms with van der Waals surface area (Å²) >= 11 is 0. The molecule has 1 aliphatic heterocycles. The molecule has 0 spiro atoms. The van der Waals surface area contributed by atoms with Crippen LogP contribution < -0.4 is 0 Å². The second kappa shape index (κ2) is 7.21. The topological polar surface area (TPSA) is 35.5 Å². The maximum Gasteiger partial charge on any atom is 0.207 e. The largest absolute Gasteiger partial charge is 0.345 e. The van der Waals surface area contributed by atoms with Gasteiger partial charge in [0.25, 0.3) is 0 Å². The Morgan fingerprint density at radius 3 is 2.50 bits per heavy atom. The number of rotatable bonds is 7. The molecule has 1 aliphatic rings. The molecule has 1 saturated heterocycles. The van der Waals surface area contributed by atoms with Crippen molar-refractivity contribution in [1.82, 2.24) is 0 Å². The van der Waals surface area contributed by atoms with Crippen LogP contribution in [0.15, 0.2) is 43.0 Å². The van der Waals surface area contributed by atoms with Crippen molar-refractivity contribution < 1.29 is 14.3 Å². The monoisotopic (exact) mass is 302 g/mol. The molecule has 120 valence electrons. The van der Waals surface area contributed by atoms with Crippen molar-refractivity contribution in [3.63, 3.8) is 0 Å². The summed E-state index contributed by atoms with van der Waals surface area (Å²) < 4.78 is 12.2. The predicted molar refractivity (Wildman–Crippen MR) is 87.5 cm³/mol. The first-order valence-corrected chi connectivity index (χ1v) is 8.02. The number of carbonyl (C=O) groups excluding carboxylic acids is 1. The zero-order chi connectivity index (χ0) is 16.1. The van der Waals surface area contributed by atoms with E-state index in [-0.39, 0.29) is 5.78 Å². The van der Waals surface area contributed by atoms with Crippen molar-refractivity contribution in [1.29, 1.82) is 0 Å². The number of unbranched alkanes of at least 4 members (excludes halogenated alkanes) is 1. The summed E-state index contributed by atoms with van der Waals surface area (Å²) in [6.07, 6.45) is 4.88. The van der Waals surface area contributed by atoms with Crippen LogP contribution in [0.1, 0.15) is 45.1 Å². The average molecular weight is 302 g/mol. The van der Waals surface area contributed by atoms with Crippen LogP contribution in [0.2, 0.25) is 0 Å². The predicted octanol–water partition coefficient (Wildman–Crippen LogP) is 4.23. The minimum absolute atomic E-state index is 0.167. The van der Waals surface area contributed by atoms with Gasteiger partial charge in [0.15, 0.2) is 0 Å². The molecular formula is C19H26O3. The van der Waals surface area contributed by atoms with Crippen molar-refractivity contribution in [2.75, 3.05) is 13.2 Å². The van der Waals surface area contributed by atoms with E-state index in [0.717, 1.165) is 24.8 Å². The molecule has 0 bridgehead atoms. The Morgan fingerprint density at radius 1 is 1.27 bits per heavy atom. The van der Waals surface area contributed by atoms with Crippen LogP contribution >= 0.6 is 0 Å². The van der Waals surface area contributed by atoms with Gasteiger partial charge >= 0.3 is 0 Å². The first-order valence-electron chi connectivity index (χ1n) is 8.02. The highest BCUT2D eigenvalue weighted by atomic mass is 16.7. The average Bonchev–Trinajstić information content (AvgIpc) is 2.56. The van der Waals surface area contributed by atoms with E-state index in [1.165, 1.54) is 0 Å². The molecule has 1 heterocycles. The molecule has 0 aromatic heterocycles. The van der Waals surface area contributed by atoms with Gasteiger partial charge in [-0.3, -0.25) is 4.79 Å². The van der Waals surface area contributed by atoms with Gasteiger partial charge in [0, 0.05) is 12.0 Å². The fourth-order valence-corrected chi connectivity index (χ4v) is 2.98. The maximum absolute atomic E-state index is 12.8. The molecule has 0 saturated carbocycles. The number of benzene rings is 1. The molecule has 2 rings (SSSR count). The number of ketones is 1. The molecule has 0 radical (unpaired) electrons. The quantitative estimate of drug-likeness (QED) is 0.558. The summed E-state index contributed by atoms with van der Waals surface area (Å²) in [5.74, 6) is -0.822. The summed E-state index contributed by atoms with van der Waals surface area (Å²) in [5.41, 5.74) is 0.174. The number of hydrogen-bond acceptors (Lipinski definition) is 3. The first kappa shape index (κ1) is 16.9. The maximum atomic E-state index is 12.8. The normalized spacial score (nSPS) is 17.9. The van der Waals surface area contributed by atoms with Gasteiger partial charge < -0.3 is 9.47 Å². The molecule has 0 atom stereocenters. The summed E-state index contributed by atoms with van der Waals surface area (Å²) in [6, 6.07) is 9.82. The van der Waals surface area contributed by atoms with E-state index in [4.69, 9.17) is 9.47 Å². The Morgan fingerprint density at radius 2 is 1.91 bits per heavy atom. The molecule has 3 nitrogen and oxygen atoms in total. The minimum atomic E-state index is -0.988. The molecule has 3 heteroatoms. The molecule has 0 aliphatic carbocycles. The Kier molecular flexibility index (Phi) is 5.54. The summed E-state index contributed by atoms with van der Waals surface area (Å²) in [6.45, 7) is 8.79. The Labute approximate surface area is 133 Å². The van der Waals surface area contributed by atoms with Crippen LogP contribution in [0.3, 0.4) is 0 Å². The molecule has 0 amide bonds. The smallest absolute Gasteiger partial charge is 0.207 e. The SMILES string of the molecule is C=CCCCC(=O)C(C)(C)C1(c2ccccc2)OCCCO1. The second-order valence-corrected chi connectivity index (χ2v) is 6.26. The van der Waals surface area contributed by atoms with Gasteiger partial charge in [-0.2, -0.15) is 0 Å². The van der Waals surface area contributed by atoms with Gasteiger partial charge in [-0.05, 0) is 33.1 Å². The van der Waals surface area contributed by atoms with Crippen LogP contribution in [0, 0.1) is 5.41 Å². The van der Waals surface area contributed by atoms with Crippen molar-refractivity contribution >= 4 is 5.78 Å². The van der Waals surface area contributed by atoms with E-state index in [1.807, 2.05) is 50.3 Å². The van der Waals surface area contributed by atoms with Crippen LogP contribution in [0.5, 0.6) is 0 Å². The van der Waals surface area contributed by atoms with Crippen LogP contribution in [0.25, 0.3) is 0 Å². The highest BCUT2D eigenvalue weighted by Gasteiger charge is 2.54. The van der Waals surface area contributed by atoms with Crippen LogP contribution in [-0.4, -0.2) is 19.0 Å². The van der Waals surface area contributed by atoms with Gasteiger partial charge in [-0.15, -0.1) is 6.58 Å². The van der Waals surface area contributed by atoms with E-state index in [1.54, 1.807) is 0 Å².